The first kappa shape index (κ1) is 42.2. The summed E-state index contributed by atoms with van der Waals surface area (Å²) in [6.45, 7) is 11.1. The van der Waals surface area contributed by atoms with Crippen LogP contribution in [0.25, 0.3) is 32.8 Å². The summed E-state index contributed by atoms with van der Waals surface area (Å²) < 4.78 is 50.2. The molecule has 314 valence electrons. The minimum atomic E-state index is -3.46. The van der Waals surface area contributed by atoms with E-state index in [1.54, 1.807) is 30.9 Å². The van der Waals surface area contributed by atoms with Crippen molar-refractivity contribution in [3.8, 4) is 22.6 Å². The van der Waals surface area contributed by atoms with E-state index in [1.165, 1.54) is 8.61 Å². The summed E-state index contributed by atoms with van der Waals surface area (Å²) >= 11 is 0. The molecule has 4 aromatic carbocycles. The van der Waals surface area contributed by atoms with Gasteiger partial charge in [-0.15, -0.1) is 13.2 Å². The first-order valence-electron chi connectivity index (χ1n) is 20.0. The summed E-state index contributed by atoms with van der Waals surface area (Å²) in [4.78, 5) is 15.3. The standard InChI is InChI=1S/C46H52N6O7S/c1-6-24-52-44-37(38(45(52)46(53)54)18-12-30-58-42-19-10-14-33-13-8-9-15-36(33)42)16-11-17-39(44)43-40(47-49(5)41(43)32-57-29-7-2)31-59-35-22-20-34(21-23-35)50-25-27-51(28-26-50)60(55,56)48(3)4/h6-11,13-17,19-23H,1-2,12,18,24-32H2,3-5H3,(H,53,54). The van der Waals surface area contributed by atoms with Crippen LogP contribution in [0, 0.1) is 0 Å². The number of aromatic carboxylic acids is 1. The highest BCUT2D eigenvalue weighted by Gasteiger charge is 2.30. The first-order valence-corrected chi connectivity index (χ1v) is 21.4. The Kier molecular flexibility index (Phi) is 13.0. The Morgan fingerprint density at radius 3 is 2.32 bits per heavy atom. The molecule has 0 unspecified atom stereocenters. The quantitative estimate of drug-likeness (QED) is 0.0660. The van der Waals surface area contributed by atoms with Crippen LogP contribution in [0.1, 0.15) is 33.9 Å². The number of rotatable bonds is 19. The molecule has 0 atom stereocenters. The van der Waals surface area contributed by atoms with Gasteiger partial charge in [0.15, 0.2) is 0 Å². The van der Waals surface area contributed by atoms with Gasteiger partial charge in [0.05, 0.1) is 31.0 Å². The summed E-state index contributed by atoms with van der Waals surface area (Å²) in [5.41, 5.74) is 5.78. The van der Waals surface area contributed by atoms with Crippen molar-refractivity contribution in [2.75, 3.05) is 58.4 Å². The predicted octanol–water partition coefficient (Wildman–Crippen LogP) is 7.30. The number of piperazine rings is 1. The molecule has 0 radical (unpaired) electrons. The number of aryl methyl sites for hydroxylation is 2. The van der Waals surface area contributed by atoms with E-state index in [0.29, 0.717) is 63.7 Å². The van der Waals surface area contributed by atoms with Crippen LogP contribution in [0.4, 0.5) is 5.69 Å². The van der Waals surface area contributed by atoms with Crippen LogP contribution in [0.5, 0.6) is 11.5 Å². The number of allylic oxidation sites excluding steroid dienone is 1. The zero-order chi connectivity index (χ0) is 42.4. The van der Waals surface area contributed by atoms with Gasteiger partial charge in [0.2, 0.25) is 0 Å². The Balaban J connectivity index is 1.17. The molecule has 1 aliphatic rings. The van der Waals surface area contributed by atoms with Gasteiger partial charge in [-0.05, 0) is 54.1 Å². The zero-order valence-electron chi connectivity index (χ0n) is 34.4. The van der Waals surface area contributed by atoms with Crippen molar-refractivity contribution in [2.24, 2.45) is 7.05 Å². The average molecular weight is 833 g/mol. The predicted molar refractivity (Wildman–Crippen MR) is 236 cm³/mol. The lowest BCUT2D eigenvalue weighted by Crippen LogP contribution is -2.51. The SMILES string of the molecule is C=CCOCc1c(-c2cccc3c(CCCOc4cccc5ccccc45)c(C(=O)O)n(CC=C)c23)c(COc2ccc(N3CCN(S(=O)(=O)N(C)C)CC3)cc2)nn1C. The van der Waals surface area contributed by atoms with E-state index >= 15 is 0 Å². The zero-order valence-corrected chi connectivity index (χ0v) is 35.2. The van der Waals surface area contributed by atoms with Gasteiger partial charge in [0.1, 0.15) is 29.5 Å². The molecule has 0 saturated carbocycles. The van der Waals surface area contributed by atoms with Crippen molar-refractivity contribution in [2.45, 2.75) is 32.6 Å². The molecule has 2 aromatic heterocycles. The van der Waals surface area contributed by atoms with Crippen molar-refractivity contribution in [3.05, 3.63) is 133 Å². The average Bonchev–Trinajstić information content (AvgIpc) is 3.75. The largest absolute Gasteiger partial charge is 0.493 e. The number of fused-ring (bicyclic) bond motifs is 2. The molecule has 1 fully saturated rings. The number of nitrogens with zero attached hydrogens (tertiary/aromatic N) is 6. The van der Waals surface area contributed by atoms with Gasteiger partial charge >= 0.3 is 5.97 Å². The lowest BCUT2D eigenvalue weighted by molar-refractivity contribution is 0.0685. The molecular formula is C46H52N6O7S. The summed E-state index contributed by atoms with van der Waals surface area (Å²) in [6.07, 6.45) is 4.49. The molecule has 1 N–H and O–H groups in total. The number of carboxylic acid groups (broad SMARTS) is 1. The molecular weight excluding hydrogens is 781 g/mol. The number of carbonyl (C=O) groups is 1. The fraction of sp³-hybridized carbons (Fsp3) is 0.304. The maximum Gasteiger partial charge on any atom is 0.352 e. The van der Waals surface area contributed by atoms with Crippen molar-refractivity contribution in [3.63, 3.8) is 0 Å². The smallest absolute Gasteiger partial charge is 0.352 e. The van der Waals surface area contributed by atoms with Crippen LogP contribution in [0.2, 0.25) is 0 Å². The Morgan fingerprint density at radius 2 is 1.60 bits per heavy atom. The third kappa shape index (κ3) is 8.68. The molecule has 3 heterocycles. The molecule has 6 aromatic rings. The summed E-state index contributed by atoms with van der Waals surface area (Å²) in [5, 5.41) is 18.6. The second kappa shape index (κ2) is 18.6. The van der Waals surface area contributed by atoms with Crippen LogP contribution in [-0.2, 0) is 48.2 Å². The Hall–Kier alpha value is -5.93. The normalized spacial score (nSPS) is 13.6. The lowest BCUT2D eigenvalue weighted by Gasteiger charge is -2.36. The monoisotopic (exact) mass is 832 g/mol. The summed E-state index contributed by atoms with van der Waals surface area (Å²) in [6, 6.07) is 27.8. The molecule has 13 nitrogen and oxygen atoms in total. The molecule has 0 aliphatic carbocycles. The van der Waals surface area contributed by atoms with E-state index in [9.17, 15) is 18.3 Å². The first-order chi connectivity index (χ1) is 29.0. The van der Waals surface area contributed by atoms with Crippen LogP contribution >= 0.6 is 0 Å². The van der Waals surface area contributed by atoms with Gasteiger partial charge in [-0.3, -0.25) is 4.68 Å². The Bertz CT molecular complexity index is 2600. The lowest BCUT2D eigenvalue weighted by atomic mass is 9.98. The molecule has 7 rings (SSSR count). The van der Waals surface area contributed by atoms with E-state index in [2.05, 4.69) is 30.2 Å². The van der Waals surface area contributed by atoms with Crippen LogP contribution in [-0.4, -0.2) is 95.9 Å². The molecule has 1 aliphatic heterocycles. The van der Waals surface area contributed by atoms with Crippen LogP contribution in [0.15, 0.2) is 110 Å². The van der Waals surface area contributed by atoms with Crippen molar-refractivity contribution in [1.29, 1.82) is 0 Å². The van der Waals surface area contributed by atoms with Gasteiger partial charge < -0.3 is 28.8 Å². The molecule has 60 heavy (non-hydrogen) atoms. The molecule has 14 heteroatoms. The summed E-state index contributed by atoms with van der Waals surface area (Å²) in [7, 11) is 1.50. The van der Waals surface area contributed by atoms with E-state index in [-0.39, 0.29) is 25.5 Å². The summed E-state index contributed by atoms with van der Waals surface area (Å²) in [5.74, 6) is 0.422. The molecule has 1 saturated heterocycles. The minimum Gasteiger partial charge on any atom is -0.493 e. The number of anilines is 1. The van der Waals surface area contributed by atoms with Gasteiger partial charge in [-0.1, -0.05) is 66.7 Å². The maximum atomic E-state index is 13.1. The van der Waals surface area contributed by atoms with Gasteiger partial charge in [0.25, 0.3) is 10.2 Å². The minimum absolute atomic E-state index is 0.133. The molecule has 0 amide bonds. The number of aromatic nitrogens is 3. The van der Waals surface area contributed by atoms with E-state index < -0.39 is 16.2 Å². The fourth-order valence-electron chi connectivity index (χ4n) is 7.99. The Labute approximate surface area is 351 Å². The van der Waals surface area contributed by atoms with Gasteiger partial charge in [-0.25, -0.2) is 4.79 Å². The van der Waals surface area contributed by atoms with E-state index in [4.69, 9.17) is 19.3 Å². The number of carboxylic acids is 1. The number of hydrogen-bond donors (Lipinski definition) is 1. The number of para-hydroxylation sites is 1. The third-order valence-electron chi connectivity index (χ3n) is 10.9. The van der Waals surface area contributed by atoms with Crippen molar-refractivity contribution < 1.29 is 32.5 Å². The highest BCUT2D eigenvalue weighted by atomic mass is 32.2. The number of ether oxygens (including phenoxy) is 3. The topological polar surface area (TPSA) is 132 Å². The van der Waals surface area contributed by atoms with Crippen molar-refractivity contribution >= 4 is 43.5 Å². The fourth-order valence-corrected chi connectivity index (χ4v) is 9.08. The van der Waals surface area contributed by atoms with Gasteiger partial charge in [0, 0.05) is 81.5 Å². The molecule has 0 spiro atoms. The maximum absolute atomic E-state index is 13.1. The van der Waals surface area contributed by atoms with E-state index in [0.717, 1.165) is 55.5 Å². The van der Waals surface area contributed by atoms with Crippen LogP contribution < -0.4 is 14.4 Å². The second-order valence-electron chi connectivity index (χ2n) is 14.8. The molecule has 0 bridgehead atoms. The highest BCUT2D eigenvalue weighted by Crippen LogP contribution is 2.39. The van der Waals surface area contributed by atoms with Crippen LogP contribution in [0.3, 0.4) is 0 Å². The second-order valence-corrected chi connectivity index (χ2v) is 17.0. The third-order valence-corrected chi connectivity index (χ3v) is 12.8. The van der Waals surface area contributed by atoms with Crippen molar-refractivity contribution in [1.82, 2.24) is 23.0 Å². The van der Waals surface area contributed by atoms with Gasteiger partial charge in [-0.2, -0.15) is 22.1 Å². The number of benzene rings is 4. The van der Waals surface area contributed by atoms with E-state index in [1.807, 2.05) is 84.4 Å². The Morgan fingerprint density at radius 1 is 0.883 bits per heavy atom. The number of hydrogen-bond acceptors (Lipinski definition) is 8. The highest BCUT2D eigenvalue weighted by molar-refractivity contribution is 7.86.